The molecule has 0 atom stereocenters. The maximum Gasteiger partial charge on any atom is 0.211 e. The Bertz CT molecular complexity index is 488. The summed E-state index contributed by atoms with van der Waals surface area (Å²) >= 11 is 3.37. The van der Waals surface area contributed by atoms with Crippen molar-refractivity contribution in [2.75, 3.05) is 12.9 Å². The SMILES string of the molecule is CCCCS(=O)(=O)NCc1ccc(OC)c(Br)c1. The molecule has 0 aliphatic carbocycles. The molecule has 0 aliphatic heterocycles. The molecule has 0 heterocycles. The lowest BCUT2D eigenvalue weighted by atomic mass is 10.2. The van der Waals surface area contributed by atoms with Gasteiger partial charge in [-0.1, -0.05) is 19.4 Å². The van der Waals surface area contributed by atoms with Crippen LogP contribution in [0.25, 0.3) is 0 Å². The van der Waals surface area contributed by atoms with E-state index in [-0.39, 0.29) is 5.75 Å². The Labute approximate surface area is 117 Å². The van der Waals surface area contributed by atoms with Crippen LogP contribution in [0.5, 0.6) is 5.75 Å². The van der Waals surface area contributed by atoms with Crippen molar-refractivity contribution in [3.05, 3.63) is 28.2 Å². The molecule has 0 amide bonds. The second kappa shape index (κ2) is 7.11. The van der Waals surface area contributed by atoms with E-state index in [0.29, 0.717) is 13.0 Å². The summed E-state index contributed by atoms with van der Waals surface area (Å²) in [6, 6.07) is 5.49. The van der Waals surface area contributed by atoms with Gasteiger partial charge in [0, 0.05) is 6.54 Å². The van der Waals surface area contributed by atoms with Crippen molar-refractivity contribution in [1.29, 1.82) is 0 Å². The van der Waals surface area contributed by atoms with Crippen molar-refractivity contribution < 1.29 is 13.2 Å². The van der Waals surface area contributed by atoms with Gasteiger partial charge in [0.05, 0.1) is 17.3 Å². The molecule has 4 nitrogen and oxygen atoms in total. The number of rotatable bonds is 7. The van der Waals surface area contributed by atoms with Crippen molar-refractivity contribution in [1.82, 2.24) is 4.72 Å². The van der Waals surface area contributed by atoms with Crippen molar-refractivity contribution in [2.45, 2.75) is 26.3 Å². The molecule has 0 saturated heterocycles. The number of ether oxygens (including phenoxy) is 1. The van der Waals surface area contributed by atoms with Crippen LogP contribution >= 0.6 is 15.9 Å². The number of nitrogens with one attached hydrogen (secondary N) is 1. The second-order valence-corrected chi connectivity index (χ2v) is 6.74. The van der Waals surface area contributed by atoms with Gasteiger partial charge in [0.15, 0.2) is 0 Å². The van der Waals surface area contributed by atoms with E-state index in [2.05, 4.69) is 20.7 Å². The molecule has 0 spiro atoms. The largest absolute Gasteiger partial charge is 0.496 e. The molecule has 0 saturated carbocycles. The molecule has 1 aromatic carbocycles. The summed E-state index contributed by atoms with van der Waals surface area (Å²) in [5.74, 6) is 0.911. The van der Waals surface area contributed by atoms with E-state index in [1.807, 2.05) is 19.1 Å². The highest BCUT2D eigenvalue weighted by atomic mass is 79.9. The average Bonchev–Trinajstić information content (AvgIpc) is 2.34. The third-order valence-electron chi connectivity index (χ3n) is 2.48. The highest BCUT2D eigenvalue weighted by molar-refractivity contribution is 9.10. The van der Waals surface area contributed by atoms with E-state index in [9.17, 15) is 8.42 Å². The van der Waals surface area contributed by atoms with Crippen LogP contribution in [-0.4, -0.2) is 21.3 Å². The Balaban J connectivity index is 2.61. The number of benzene rings is 1. The fourth-order valence-corrected chi connectivity index (χ4v) is 3.21. The highest BCUT2D eigenvalue weighted by Gasteiger charge is 2.09. The fraction of sp³-hybridized carbons (Fsp3) is 0.500. The fourth-order valence-electron chi connectivity index (χ4n) is 1.42. The van der Waals surface area contributed by atoms with Crippen molar-refractivity contribution in [3.63, 3.8) is 0 Å². The van der Waals surface area contributed by atoms with Gasteiger partial charge in [-0.2, -0.15) is 0 Å². The smallest absolute Gasteiger partial charge is 0.211 e. The minimum atomic E-state index is -3.17. The normalized spacial score (nSPS) is 11.5. The monoisotopic (exact) mass is 335 g/mol. The molecule has 1 N–H and O–H groups in total. The number of halogens is 1. The van der Waals surface area contributed by atoms with E-state index in [1.54, 1.807) is 13.2 Å². The zero-order valence-corrected chi connectivity index (χ0v) is 13.0. The van der Waals surface area contributed by atoms with Crippen LogP contribution in [0.2, 0.25) is 0 Å². The molecule has 0 aliphatic rings. The minimum Gasteiger partial charge on any atom is -0.496 e. The first-order chi connectivity index (χ1) is 8.48. The second-order valence-electron chi connectivity index (χ2n) is 3.96. The van der Waals surface area contributed by atoms with Gasteiger partial charge in [-0.15, -0.1) is 0 Å². The van der Waals surface area contributed by atoms with Crippen molar-refractivity contribution in [2.24, 2.45) is 0 Å². The summed E-state index contributed by atoms with van der Waals surface area (Å²) in [7, 11) is -1.58. The zero-order chi connectivity index (χ0) is 13.6. The maximum atomic E-state index is 11.6. The summed E-state index contributed by atoms with van der Waals surface area (Å²) in [5, 5.41) is 0. The molecule has 102 valence electrons. The molecular weight excluding hydrogens is 318 g/mol. The average molecular weight is 336 g/mol. The molecule has 0 fully saturated rings. The number of unbranched alkanes of at least 4 members (excludes halogenated alkanes) is 1. The summed E-state index contributed by atoms with van der Waals surface area (Å²) in [6.07, 6.45) is 1.55. The molecule has 0 radical (unpaired) electrons. The lowest BCUT2D eigenvalue weighted by Crippen LogP contribution is -2.25. The lowest BCUT2D eigenvalue weighted by Gasteiger charge is -2.08. The maximum absolute atomic E-state index is 11.6. The first-order valence-corrected chi connectivity index (χ1v) is 8.22. The highest BCUT2D eigenvalue weighted by Crippen LogP contribution is 2.25. The van der Waals surface area contributed by atoms with Crippen LogP contribution in [0, 0.1) is 0 Å². The van der Waals surface area contributed by atoms with E-state index in [1.165, 1.54) is 0 Å². The number of hydrogen-bond acceptors (Lipinski definition) is 3. The Morgan fingerprint density at radius 1 is 1.39 bits per heavy atom. The predicted octanol–water partition coefficient (Wildman–Crippen LogP) is 2.68. The van der Waals surface area contributed by atoms with Crippen LogP contribution in [0.4, 0.5) is 0 Å². The van der Waals surface area contributed by atoms with Crippen LogP contribution in [0.1, 0.15) is 25.3 Å². The molecule has 0 aromatic heterocycles. The van der Waals surface area contributed by atoms with Crippen LogP contribution < -0.4 is 9.46 Å². The third-order valence-corrected chi connectivity index (χ3v) is 4.51. The van der Waals surface area contributed by atoms with Crippen LogP contribution in [-0.2, 0) is 16.6 Å². The molecule has 0 bridgehead atoms. The molecule has 18 heavy (non-hydrogen) atoms. The van der Waals surface area contributed by atoms with Gasteiger partial charge in [0.25, 0.3) is 0 Å². The Morgan fingerprint density at radius 3 is 2.67 bits per heavy atom. The lowest BCUT2D eigenvalue weighted by molar-refractivity contribution is 0.412. The van der Waals surface area contributed by atoms with E-state index in [4.69, 9.17) is 4.74 Å². The Hall–Kier alpha value is -0.590. The Kier molecular flexibility index (Phi) is 6.11. The van der Waals surface area contributed by atoms with Gasteiger partial charge < -0.3 is 4.74 Å². The summed E-state index contributed by atoms with van der Waals surface area (Å²) in [5.41, 5.74) is 0.891. The van der Waals surface area contributed by atoms with Crippen LogP contribution in [0.15, 0.2) is 22.7 Å². The molecule has 6 heteroatoms. The summed E-state index contributed by atoms with van der Waals surface area (Å²) in [6.45, 7) is 2.27. The van der Waals surface area contributed by atoms with Crippen molar-refractivity contribution >= 4 is 26.0 Å². The summed E-state index contributed by atoms with van der Waals surface area (Å²) < 4.78 is 31.8. The predicted molar refractivity (Wildman–Crippen MR) is 76.2 cm³/mol. The van der Waals surface area contributed by atoms with E-state index < -0.39 is 10.0 Å². The van der Waals surface area contributed by atoms with E-state index in [0.717, 1.165) is 22.2 Å². The standard InChI is InChI=1S/C12H18BrNO3S/c1-3-4-7-18(15,16)14-9-10-5-6-12(17-2)11(13)8-10/h5-6,8,14H,3-4,7,9H2,1-2H3. The first-order valence-electron chi connectivity index (χ1n) is 5.78. The topological polar surface area (TPSA) is 55.4 Å². The molecular formula is C12H18BrNO3S. The van der Waals surface area contributed by atoms with Gasteiger partial charge in [-0.05, 0) is 40.0 Å². The first kappa shape index (κ1) is 15.5. The quantitative estimate of drug-likeness (QED) is 0.833. The molecule has 0 unspecified atom stereocenters. The van der Waals surface area contributed by atoms with Crippen LogP contribution in [0.3, 0.4) is 0 Å². The zero-order valence-electron chi connectivity index (χ0n) is 10.6. The van der Waals surface area contributed by atoms with E-state index >= 15 is 0 Å². The van der Waals surface area contributed by atoms with Gasteiger partial charge in [0.2, 0.25) is 10.0 Å². The number of sulfonamides is 1. The Morgan fingerprint density at radius 2 is 2.11 bits per heavy atom. The third kappa shape index (κ3) is 4.96. The summed E-state index contributed by atoms with van der Waals surface area (Å²) in [4.78, 5) is 0. The number of hydrogen-bond donors (Lipinski definition) is 1. The minimum absolute atomic E-state index is 0.181. The van der Waals surface area contributed by atoms with Gasteiger partial charge in [-0.3, -0.25) is 0 Å². The van der Waals surface area contributed by atoms with Gasteiger partial charge >= 0.3 is 0 Å². The van der Waals surface area contributed by atoms with Crippen molar-refractivity contribution in [3.8, 4) is 5.75 Å². The number of methoxy groups -OCH3 is 1. The van der Waals surface area contributed by atoms with Gasteiger partial charge in [0.1, 0.15) is 5.75 Å². The molecule has 1 aromatic rings. The molecule has 1 rings (SSSR count). The van der Waals surface area contributed by atoms with Gasteiger partial charge in [-0.25, -0.2) is 13.1 Å².